The predicted molar refractivity (Wildman–Crippen MR) is 108 cm³/mol. The van der Waals surface area contributed by atoms with Gasteiger partial charge in [0, 0.05) is 11.5 Å². The molecule has 148 valence electrons. The van der Waals surface area contributed by atoms with Crippen LogP contribution in [0, 0.1) is 5.92 Å². The maximum Gasteiger partial charge on any atom is 0.224 e. The minimum atomic E-state index is -0.330. The van der Waals surface area contributed by atoms with Crippen molar-refractivity contribution in [1.82, 2.24) is 0 Å². The molecule has 0 saturated carbocycles. The second kappa shape index (κ2) is 11.5. The number of allylic oxidation sites excluding steroid dienone is 6. The third kappa shape index (κ3) is 5.62. The van der Waals surface area contributed by atoms with Crippen LogP contribution in [0.5, 0.6) is 0 Å². The lowest BCUT2D eigenvalue weighted by atomic mass is 9.77. The molecule has 0 aromatic carbocycles. The molecule has 0 aliphatic heterocycles. The normalized spacial score (nSPS) is 20.0. The van der Waals surface area contributed by atoms with Crippen LogP contribution in [0.4, 0.5) is 0 Å². The van der Waals surface area contributed by atoms with E-state index in [0.29, 0.717) is 23.9 Å². The van der Waals surface area contributed by atoms with Crippen molar-refractivity contribution in [2.45, 2.75) is 65.7 Å². The summed E-state index contributed by atoms with van der Waals surface area (Å²) in [5, 5.41) is 0. The van der Waals surface area contributed by atoms with Gasteiger partial charge in [0.15, 0.2) is 17.8 Å². The molecule has 0 spiro atoms. The number of ether oxygens (including phenoxy) is 1. The monoisotopic (exact) mass is 372 g/mol. The summed E-state index contributed by atoms with van der Waals surface area (Å²) in [6.07, 6.45) is 10.3. The summed E-state index contributed by atoms with van der Waals surface area (Å²) >= 11 is 0. The highest BCUT2D eigenvalue weighted by molar-refractivity contribution is 6.31. The first-order valence-electron chi connectivity index (χ1n) is 9.76. The van der Waals surface area contributed by atoms with Gasteiger partial charge in [-0.2, -0.15) is 0 Å². The molecular weight excluding hydrogens is 340 g/mol. The first kappa shape index (κ1) is 22.8. The van der Waals surface area contributed by atoms with E-state index < -0.39 is 0 Å². The van der Waals surface area contributed by atoms with Crippen molar-refractivity contribution in [3.05, 3.63) is 46.8 Å². The summed E-state index contributed by atoms with van der Waals surface area (Å²) in [6, 6.07) is 0. The van der Waals surface area contributed by atoms with Gasteiger partial charge >= 0.3 is 0 Å². The Labute approximate surface area is 163 Å². The number of rotatable bonds is 7. The van der Waals surface area contributed by atoms with Crippen LogP contribution < -0.4 is 0 Å². The van der Waals surface area contributed by atoms with E-state index in [-0.39, 0.29) is 28.8 Å². The molecule has 2 aliphatic carbocycles. The van der Waals surface area contributed by atoms with Crippen LogP contribution in [0.3, 0.4) is 0 Å². The Morgan fingerprint density at radius 1 is 1.26 bits per heavy atom. The van der Waals surface area contributed by atoms with E-state index in [2.05, 4.69) is 13.5 Å². The molecule has 27 heavy (non-hydrogen) atoms. The molecule has 4 heteroatoms. The van der Waals surface area contributed by atoms with Crippen LogP contribution in [0.2, 0.25) is 0 Å². The Balaban J connectivity index is 0.00000114. The highest BCUT2D eigenvalue weighted by Gasteiger charge is 2.38. The smallest absolute Gasteiger partial charge is 0.224 e. The lowest BCUT2D eigenvalue weighted by Gasteiger charge is -2.27. The molecule has 0 bridgehead atoms. The van der Waals surface area contributed by atoms with E-state index in [4.69, 9.17) is 4.74 Å². The third-order valence-corrected chi connectivity index (χ3v) is 4.83. The van der Waals surface area contributed by atoms with Crippen molar-refractivity contribution < 1.29 is 19.1 Å². The van der Waals surface area contributed by atoms with Crippen LogP contribution in [-0.4, -0.2) is 25.0 Å². The summed E-state index contributed by atoms with van der Waals surface area (Å²) < 4.78 is 5.33. The summed E-state index contributed by atoms with van der Waals surface area (Å²) in [6.45, 7) is 9.35. The maximum absolute atomic E-state index is 12.9. The molecule has 0 saturated heterocycles. The number of hydrogen-bond acceptors (Lipinski definition) is 4. The molecule has 2 rings (SSSR count). The van der Waals surface area contributed by atoms with E-state index in [9.17, 15) is 14.4 Å². The topological polar surface area (TPSA) is 60.4 Å². The van der Waals surface area contributed by atoms with Gasteiger partial charge in [-0.3, -0.25) is 14.4 Å². The lowest BCUT2D eigenvalue weighted by Crippen LogP contribution is -2.29. The Hall–Kier alpha value is -2.23. The number of ketones is 2. The van der Waals surface area contributed by atoms with E-state index >= 15 is 0 Å². The van der Waals surface area contributed by atoms with Crippen molar-refractivity contribution >= 4 is 17.9 Å². The molecule has 4 nitrogen and oxygen atoms in total. The Morgan fingerprint density at radius 2 is 1.93 bits per heavy atom. The van der Waals surface area contributed by atoms with E-state index in [1.807, 2.05) is 19.9 Å². The summed E-state index contributed by atoms with van der Waals surface area (Å²) in [4.78, 5) is 37.3. The molecular formula is C23H32O4. The zero-order chi connectivity index (χ0) is 20.4. The van der Waals surface area contributed by atoms with Crippen LogP contribution >= 0.6 is 0 Å². The number of carbonyl (C=O) groups is 3. The molecule has 0 aromatic rings. The zero-order valence-corrected chi connectivity index (χ0v) is 17.1. The molecule has 0 heterocycles. The third-order valence-electron chi connectivity index (χ3n) is 4.83. The summed E-state index contributed by atoms with van der Waals surface area (Å²) in [5.74, 6) is -0.629. The lowest BCUT2D eigenvalue weighted by molar-refractivity contribution is -0.120. The van der Waals surface area contributed by atoms with Crippen molar-refractivity contribution in [3.8, 4) is 0 Å². The van der Waals surface area contributed by atoms with Crippen molar-refractivity contribution in [1.29, 1.82) is 0 Å². The van der Waals surface area contributed by atoms with E-state index in [1.165, 1.54) is 12.7 Å². The summed E-state index contributed by atoms with van der Waals surface area (Å²) in [5.41, 5.74) is 1.92. The number of unbranched alkanes of at least 4 members (excludes halogenated alkanes) is 2. The molecule has 0 aromatic heterocycles. The Kier molecular flexibility index (Phi) is 9.70. The average Bonchev–Trinajstić information content (AvgIpc) is 2.64. The van der Waals surface area contributed by atoms with Gasteiger partial charge in [-0.25, -0.2) is 0 Å². The second-order valence-corrected chi connectivity index (χ2v) is 6.99. The van der Waals surface area contributed by atoms with Gasteiger partial charge < -0.3 is 4.74 Å². The fraction of sp³-hybridized carbons (Fsp3) is 0.522. The molecule has 0 radical (unpaired) electrons. The van der Waals surface area contributed by atoms with Crippen molar-refractivity contribution in [2.24, 2.45) is 5.92 Å². The fourth-order valence-electron chi connectivity index (χ4n) is 3.57. The van der Waals surface area contributed by atoms with Crippen LogP contribution in [0.1, 0.15) is 65.7 Å². The quantitative estimate of drug-likeness (QED) is 0.206. The largest absolute Gasteiger partial charge is 0.492 e. The van der Waals surface area contributed by atoms with Gasteiger partial charge in [-0.1, -0.05) is 37.5 Å². The van der Waals surface area contributed by atoms with Crippen LogP contribution in [0.25, 0.3) is 0 Å². The number of aldehydes is 1. The number of hydrogen-bond donors (Lipinski definition) is 0. The van der Waals surface area contributed by atoms with Crippen molar-refractivity contribution in [2.75, 3.05) is 7.11 Å². The van der Waals surface area contributed by atoms with Gasteiger partial charge in [-0.05, 0) is 46.0 Å². The summed E-state index contributed by atoms with van der Waals surface area (Å²) in [7, 11) is 1.43. The zero-order valence-electron chi connectivity index (χ0n) is 17.1. The van der Waals surface area contributed by atoms with Crippen LogP contribution in [0.15, 0.2) is 46.8 Å². The predicted octanol–water partition coefficient (Wildman–Crippen LogP) is 5.05. The van der Waals surface area contributed by atoms with Gasteiger partial charge in [-0.15, -0.1) is 6.58 Å². The second-order valence-electron chi connectivity index (χ2n) is 6.99. The Morgan fingerprint density at radius 3 is 2.44 bits per heavy atom. The van der Waals surface area contributed by atoms with E-state index in [1.54, 1.807) is 6.08 Å². The molecule has 2 aliphatic rings. The first-order valence-corrected chi connectivity index (χ1v) is 9.76. The SMILES string of the molecule is C=CC.CCCCCC1=C(C=O)C(=O)C(C2C=C(C)CCC2)=C(OC)C1=O. The highest BCUT2D eigenvalue weighted by atomic mass is 16.5. The van der Waals surface area contributed by atoms with Gasteiger partial charge in [0.25, 0.3) is 0 Å². The number of methoxy groups -OCH3 is 1. The Bertz CT molecular complexity index is 676. The average molecular weight is 373 g/mol. The molecule has 0 N–H and O–H groups in total. The first-order chi connectivity index (χ1) is 13.0. The van der Waals surface area contributed by atoms with Gasteiger partial charge in [0.2, 0.25) is 5.78 Å². The molecule has 0 fully saturated rings. The molecule has 0 amide bonds. The van der Waals surface area contributed by atoms with Crippen LogP contribution in [-0.2, 0) is 19.1 Å². The van der Waals surface area contributed by atoms with E-state index in [0.717, 1.165) is 38.5 Å². The number of Topliss-reactive ketones (excluding diaryl/α,β-unsaturated/α-hetero) is 2. The van der Waals surface area contributed by atoms with Gasteiger partial charge in [0.1, 0.15) is 0 Å². The van der Waals surface area contributed by atoms with Crippen molar-refractivity contribution in [3.63, 3.8) is 0 Å². The standard InChI is InChI=1S/C20H26O4.C3H6/c1-4-5-6-10-15-16(12-21)18(22)17(20(24-3)19(15)23)14-9-7-8-13(2)11-14;1-3-2/h11-12,14H,4-10H2,1-3H3;3H,1H2,2H3. The minimum Gasteiger partial charge on any atom is -0.492 e. The maximum atomic E-state index is 12.9. The molecule has 1 unspecified atom stereocenters. The van der Waals surface area contributed by atoms with Gasteiger partial charge in [0.05, 0.1) is 18.3 Å². The minimum absolute atomic E-state index is 0.0310. The molecule has 1 atom stereocenters. The number of carbonyl (C=O) groups excluding carboxylic acids is 3. The highest BCUT2D eigenvalue weighted by Crippen LogP contribution is 2.36. The fourth-order valence-corrected chi connectivity index (χ4v) is 3.57.